The Morgan fingerprint density at radius 1 is 1.09 bits per heavy atom. The molecule has 0 aromatic heterocycles. The van der Waals surface area contributed by atoms with Crippen LogP contribution in [0.25, 0.3) is 0 Å². The second kappa shape index (κ2) is 6.95. The molecule has 0 unspecified atom stereocenters. The van der Waals surface area contributed by atoms with Crippen LogP contribution in [0.3, 0.4) is 0 Å². The predicted molar refractivity (Wildman–Crippen MR) is 84.7 cm³/mol. The van der Waals surface area contributed by atoms with Crippen LogP contribution < -0.4 is 0 Å². The summed E-state index contributed by atoms with van der Waals surface area (Å²) in [5, 5.41) is 18.9. The lowest BCUT2D eigenvalue weighted by Crippen LogP contribution is -2.17. The van der Waals surface area contributed by atoms with Crippen molar-refractivity contribution in [3.63, 3.8) is 0 Å². The van der Waals surface area contributed by atoms with E-state index in [-0.39, 0.29) is 17.0 Å². The zero-order chi connectivity index (χ0) is 16.3. The molecule has 0 heterocycles. The Morgan fingerprint density at radius 2 is 1.73 bits per heavy atom. The molecule has 2 rings (SSSR count). The van der Waals surface area contributed by atoms with Crippen LogP contribution in [-0.2, 0) is 6.42 Å². The number of carboxylic acids is 2. The van der Waals surface area contributed by atoms with Crippen molar-refractivity contribution in [3.8, 4) is 0 Å². The highest BCUT2D eigenvalue weighted by atomic mass is 16.4. The lowest BCUT2D eigenvalue weighted by Gasteiger charge is -2.26. The molecule has 0 spiro atoms. The van der Waals surface area contributed by atoms with Gasteiger partial charge in [-0.15, -0.1) is 0 Å². The molecule has 0 saturated heterocycles. The van der Waals surface area contributed by atoms with E-state index in [9.17, 15) is 19.8 Å². The summed E-state index contributed by atoms with van der Waals surface area (Å²) in [7, 11) is 0. The molecular formula is C18H24O4. The SMILES string of the molecule is CC(C)Cc1c(C2CCCCC2)ccc(C(=O)O)c1C(=O)O. The van der Waals surface area contributed by atoms with E-state index < -0.39 is 11.9 Å². The fourth-order valence-corrected chi connectivity index (χ4v) is 3.51. The van der Waals surface area contributed by atoms with E-state index in [0.717, 1.165) is 36.8 Å². The van der Waals surface area contributed by atoms with Gasteiger partial charge in [0.05, 0.1) is 11.1 Å². The molecule has 22 heavy (non-hydrogen) atoms. The highest BCUT2D eigenvalue weighted by Crippen LogP contribution is 2.37. The van der Waals surface area contributed by atoms with Crippen LogP contribution in [-0.4, -0.2) is 22.2 Å². The van der Waals surface area contributed by atoms with Gasteiger partial charge in [0, 0.05) is 0 Å². The van der Waals surface area contributed by atoms with Crippen molar-refractivity contribution in [2.24, 2.45) is 5.92 Å². The highest BCUT2D eigenvalue weighted by molar-refractivity contribution is 6.03. The molecule has 1 aromatic carbocycles. The second-order valence-electron chi connectivity index (χ2n) is 6.60. The normalized spacial score (nSPS) is 16.0. The van der Waals surface area contributed by atoms with Crippen molar-refractivity contribution >= 4 is 11.9 Å². The van der Waals surface area contributed by atoms with Crippen LogP contribution in [0.15, 0.2) is 12.1 Å². The number of benzene rings is 1. The average Bonchev–Trinajstić information content (AvgIpc) is 2.46. The van der Waals surface area contributed by atoms with Crippen LogP contribution in [0.2, 0.25) is 0 Å². The van der Waals surface area contributed by atoms with Crippen molar-refractivity contribution in [1.29, 1.82) is 0 Å². The van der Waals surface area contributed by atoms with E-state index in [1.54, 1.807) is 0 Å². The maximum atomic E-state index is 11.7. The van der Waals surface area contributed by atoms with Crippen molar-refractivity contribution in [2.45, 2.75) is 58.3 Å². The molecule has 1 fully saturated rings. The summed E-state index contributed by atoms with van der Waals surface area (Å²) in [6.07, 6.45) is 6.29. The summed E-state index contributed by atoms with van der Waals surface area (Å²) in [5.41, 5.74) is 1.68. The van der Waals surface area contributed by atoms with Gasteiger partial charge in [-0.2, -0.15) is 0 Å². The summed E-state index contributed by atoms with van der Waals surface area (Å²) in [6.45, 7) is 4.06. The molecule has 0 atom stereocenters. The number of rotatable bonds is 5. The number of hydrogen-bond acceptors (Lipinski definition) is 2. The van der Waals surface area contributed by atoms with Gasteiger partial charge < -0.3 is 10.2 Å². The van der Waals surface area contributed by atoms with Crippen LogP contribution >= 0.6 is 0 Å². The molecule has 4 nitrogen and oxygen atoms in total. The smallest absolute Gasteiger partial charge is 0.336 e. The van der Waals surface area contributed by atoms with Gasteiger partial charge in [0.15, 0.2) is 0 Å². The van der Waals surface area contributed by atoms with Gasteiger partial charge >= 0.3 is 11.9 Å². The second-order valence-corrected chi connectivity index (χ2v) is 6.60. The number of carbonyl (C=O) groups is 2. The fourth-order valence-electron chi connectivity index (χ4n) is 3.51. The molecule has 1 aromatic rings. The molecule has 0 amide bonds. The molecule has 1 aliphatic carbocycles. The zero-order valence-corrected chi connectivity index (χ0v) is 13.3. The first-order valence-electron chi connectivity index (χ1n) is 8.04. The summed E-state index contributed by atoms with van der Waals surface area (Å²) in [6, 6.07) is 3.32. The molecule has 0 radical (unpaired) electrons. The standard InChI is InChI=1S/C18H24O4/c1-11(2)10-15-13(12-6-4-3-5-7-12)8-9-14(17(19)20)16(15)18(21)22/h8-9,11-12H,3-7,10H2,1-2H3,(H,19,20)(H,21,22). The predicted octanol–water partition coefficient (Wildman–Crippen LogP) is 4.33. The Bertz CT molecular complexity index is 569. The van der Waals surface area contributed by atoms with Crippen LogP contribution in [0.1, 0.15) is 83.7 Å². The number of carboxylic acid groups (broad SMARTS) is 2. The largest absolute Gasteiger partial charge is 0.478 e. The first-order valence-corrected chi connectivity index (χ1v) is 8.04. The minimum atomic E-state index is -1.17. The van der Waals surface area contributed by atoms with Gasteiger partial charge in [-0.25, -0.2) is 9.59 Å². The summed E-state index contributed by atoms with van der Waals surface area (Å²) in [4.78, 5) is 23.1. The van der Waals surface area contributed by atoms with E-state index in [2.05, 4.69) is 0 Å². The molecular weight excluding hydrogens is 280 g/mol. The number of aromatic carboxylic acids is 2. The van der Waals surface area contributed by atoms with Gasteiger partial charge in [0.2, 0.25) is 0 Å². The van der Waals surface area contributed by atoms with E-state index >= 15 is 0 Å². The summed E-state index contributed by atoms with van der Waals surface area (Å²) < 4.78 is 0. The lowest BCUT2D eigenvalue weighted by atomic mass is 9.78. The minimum absolute atomic E-state index is 0.00993. The molecule has 2 N–H and O–H groups in total. The average molecular weight is 304 g/mol. The Labute approximate surface area is 131 Å². The molecule has 0 bridgehead atoms. The van der Waals surface area contributed by atoms with Crippen molar-refractivity contribution < 1.29 is 19.8 Å². The Kier molecular flexibility index (Phi) is 5.22. The zero-order valence-electron chi connectivity index (χ0n) is 13.3. The Hall–Kier alpha value is -1.84. The van der Waals surface area contributed by atoms with Gasteiger partial charge in [-0.3, -0.25) is 0 Å². The first kappa shape index (κ1) is 16.5. The van der Waals surface area contributed by atoms with Crippen LogP contribution in [0.4, 0.5) is 0 Å². The molecule has 120 valence electrons. The topological polar surface area (TPSA) is 74.6 Å². The van der Waals surface area contributed by atoms with Gasteiger partial charge in [-0.05, 0) is 48.3 Å². The molecule has 1 aliphatic rings. The van der Waals surface area contributed by atoms with Gasteiger partial charge in [-0.1, -0.05) is 39.2 Å². The number of hydrogen-bond donors (Lipinski definition) is 2. The van der Waals surface area contributed by atoms with Crippen molar-refractivity contribution in [1.82, 2.24) is 0 Å². The maximum Gasteiger partial charge on any atom is 0.336 e. The van der Waals surface area contributed by atoms with Crippen molar-refractivity contribution in [2.75, 3.05) is 0 Å². The van der Waals surface area contributed by atoms with Crippen LogP contribution in [0.5, 0.6) is 0 Å². The van der Waals surface area contributed by atoms with Gasteiger partial charge in [0.25, 0.3) is 0 Å². The molecule has 1 saturated carbocycles. The summed E-state index contributed by atoms with van der Waals surface area (Å²) in [5.74, 6) is -1.66. The lowest BCUT2D eigenvalue weighted by molar-refractivity contribution is 0.0650. The van der Waals surface area contributed by atoms with Crippen LogP contribution in [0, 0.1) is 5.92 Å². The Morgan fingerprint density at radius 3 is 2.23 bits per heavy atom. The van der Waals surface area contributed by atoms with Gasteiger partial charge in [0.1, 0.15) is 0 Å². The van der Waals surface area contributed by atoms with E-state index in [4.69, 9.17) is 0 Å². The quantitative estimate of drug-likeness (QED) is 0.849. The fraction of sp³-hybridized carbons (Fsp3) is 0.556. The first-order chi connectivity index (χ1) is 10.4. The third-order valence-electron chi connectivity index (χ3n) is 4.45. The molecule has 4 heteroatoms. The third-order valence-corrected chi connectivity index (χ3v) is 4.45. The van der Waals surface area contributed by atoms with E-state index in [0.29, 0.717) is 12.3 Å². The Balaban J connectivity index is 2.59. The maximum absolute atomic E-state index is 11.7. The minimum Gasteiger partial charge on any atom is -0.478 e. The van der Waals surface area contributed by atoms with E-state index in [1.807, 2.05) is 19.9 Å². The monoisotopic (exact) mass is 304 g/mol. The van der Waals surface area contributed by atoms with Crippen molar-refractivity contribution in [3.05, 3.63) is 34.4 Å². The van der Waals surface area contributed by atoms with E-state index in [1.165, 1.54) is 12.5 Å². The highest BCUT2D eigenvalue weighted by Gasteiger charge is 2.27. The third kappa shape index (κ3) is 3.49. The molecule has 0 aliphatic heterocycles. The summed E-state index contributed by atoms with van der Waals surface area (Å²) >= 11 is 0.